The number of fused-ring (bicyclic) bond motifs is 2. The maximum Gasteiger partial charge on any atom is 0.226 e. The summed E-state index contributed by atoms with van der Waals surface area (Å²) in [7, 11) is 1.91. The molecule has 3 atom stereocenters. The van der Waals surface area contributed by atoms with Crippen LogP contribution in [0, 0.1) is 5.92 Å². The quantitative estimate of drug-likeness (QED) is 0.700. The Labute approximate surface area is 107 Å². The van der Waals surface area contributed by atoms with E-state index in [2.05, 4.69) is 6.07 Å². The average molecular weight is 243 g/mol. The number of carbonyl (C=O) groups is 1. The first-order valence-corrected chi connectivity index (χ1v) is 6.77. The Morgan fingerprint density at radius 2 is 2.22 bits per heavy atom. The second kappa shape index (κ2) is 3.28. The molecule has 1 amide bonds. The molecule has 4 rings (SSSR count). The van der Waals surface area contributed by atoms with E-state index in [1.165, 1.54) is 12.0 Å². The van der Waals surface area contributed by atoms with Crippen LogP contribution in [-0.4, -0.2) is 23.6 Å². The van der Waals surface area contributed by atoms with Gasteiger partial charge in [0.2, 0.25) is 5.91 Å². The van der Waals surface area contributed by atoms with Gasteiger partial charge in [-0.1, -0.05) is 18.2 Å². The van der Waals surface area contributed by atoms with Gasteiger partial charge in [0.25, 0.3) is 0 Å². The Balaban J connectivity index is 1.93. The molecule has 2 fully saturated rings. The summed E-state index contributed by atoms with van der Waals surface area (Å²) in [6.45, 7) is 0. The Bertz CT molecular complexity index is 527. The maximum atomic E-state index is 12.2. The Morgan fingerprint density at radius 1 is 1.39 bits per heavy atom. The van der Waals surface area contributed by atoms with Crippen molar-refractivity contribution in [3.8, 4) is 5.75 Å². The van der Waals surface area contributed by atoms with Gasteiger partial charge in [-0.2, -0.15) is 0 Å². The first kappa shape index (κ1) is 10.4. The van der Waals surface area contributed by atoms with E-state index < -0.39 is 0 Å². The van der Waals surface area contributed by atoms with Gasteiger partial charge in [0.05, 0.1) is 0 Å². The molecule has 0 aromatic heterocycles. The van der Waals surface area contributed by atoms with Crippen LogP contribution in [0.2, 0.25) is 0 Å². The smallest absolute Gasteiger partial charge is 0.226 e. The number of nitrogens with zero attached hydrogens (tertiary/aromatic N) is 1. The fourth-order valence-electron chi connectivity index (χ4n) is 4.19. The molecular formula is C15H17NO2. The van der Waals surface area contributed by atoms with Gasteiger partial charge >= 0.3 is 0 Å². The molecule has 2 heterocycles. The highest BCUT2D eigenvalue weighted by molar-refractivity contribution is 5.80. The van der Waals surface area contributed by atoms with E-state index >= 15 is 0 Å². The van der Waals surface area contributed by atoms with Crippen LogP contribution in [0.1, 0.15) is 37.2 Å². The fraction of sp³-hybridized carbons (Fsp3) is 0.533. The lowest BCUT2D eigenvalue weighted by Gasteiger charge is -2.53. The summed E-state index contributed by atoms with van der Waals surface area (Å²) in [5.74, 6) is 2.06. The molecule has 1 aliphatic carbocycles. The van der Waals surface area contributed by atoms with Gasteiger partial charge in [-0.15, -0.1) is 0 Å². The first-order valence-electron chi connectivity index (χ1n) is 6.77. The van der Waals surface area contributed by atoms with Crippen molar-refractivity contribution in [3.63, 3.8) is 0 Å². The predicted molar refractivity (Wildman–Crippen MR) is 67.3 cm³/mol. The topological polar surface area (TPSA) is 29.5 Å². The molecule has 0 radical (unpaired) electrons. The summed E-state index contributed by atoms with van der Waals surface area (Å²) >= 11 is 0. The van der Waals surface area contributed by atoms with Crippen LogP contribution in [0.5, 0.6) is 5.75 Å². The van der Waals surface area contributed by atoms with Crippen LogP contribution in [0.25, 0.3) is 0 Å². The number of amides is 1. The van der Waals surface area contributed by atoms with E-state index in [0.717, 1.165) is 18.6 Å². The van der Waals surface area contributed by atoms with E-state index in [-0.39, 0.29) is 11.6 Å². The van der Waals surface area contributed by atoms with Crippen LogP contribution in [0.15, 0.2) is 24.3 Å². The number of hydrogen-bond donors (Lipinski definition) is 0. The zero-order chi connectivity index (χ0) is 12.3. The van der Waals surface area contributed by atoms with Gasteiger partial charge in [0.1, 0.15) is 5.75 Å². The van der Waals surface area contributed by atoms with E-state index in [1.54, 1.807) is 0 Å². The van der Waals surface area contributed by atoms with Gasteiger partial charge in [-0.05, 0) is 24.5 Å². The van der Waals surface area contributed by atoms with E-state index in [9.17, 15) is 4.79 Å². The molecule has 1 saturated carbocycles. The first-order chi connectivity index (χ1) is 8.72. The predicted octanol–water partition coefficient (Wildman–Crippen LogP) is 2.52. The van der Waals surface area contributed by atoms with Gasteiger partial charge in [-0.25, -0.2) is 0 Å². The Morgan fingerprint density at radius 3 is 3.11 bits per heavy atom. The zero-order valence-corrected chi connectivity index (χ0v) is 10.6. The molecule has 18 heavy (non-hydrogen) atoms. The molecule has 2 aliphatic heterocycles. The highest BCUT2D eigenvalue weighted by Gasteiger charge is 2.59. The van der Waals surface area contributed by atoms with Crippen LogP contribution in [0.4, 0.5) is 0 Å². The minimum Gasteiger partial charge on any atom is -0.467 e. The van der Waals surface area contributed by atoms with Crippen LogP contribution in [0.3, 0.4) is 0 Å². The third-order valence-corrected chi connectivity index (χ3v) is 5.06. The highest BCUT2D eigenvalue weighted by Crippen LogP contribution is 2.57. The standard InChI is InChI=1S/C15H17NO2/c1-16-14(17)9-11-10-5-2-3-7-13(10)18-15(16)8-4-6-12(11)15/h2-3,5,7,11-12H,4,6,8-9H2,1H3. The number of piperidine rings is 1. The normalized spacial score (nSPS) is 36.9. The van der Waals surface area contributed by atoms with Gasteiger partial charge in [0.15, 0.2) is 5.72 Å². The molecule has 3 aliphatic rings. The van der Waals surface area contributed by atoms with Crippen molar-refractivity contribution in [2.45, 2.75) is 37.3 Å². The monoisotopic (exact) mass is 243 g/mol. The lowest BCUT2D eigenvalue weighted by molar-refractivity contribution is -0.175. The molecule has 94 valence electrons. The number of rotatable bonds is 0. The van der Waals surface area contributed by atoms with Crippen molar-refractivity contribution >= 4 is 5.91 Å². The molecule has 3 unspecified atom stereocenters. The molecule has 3 nitrogen and oxygen atoms in total. The lowest BCUT2D eigenvalue weighted by Crippen LogP contribution is -2.63. The molecule has 0 N–H and O–H groups in total. The minimum absolute atomic E-state index is 0.229. The van der Waals surface area contributed by atoms with Gasteiger partial charge in [0, 0.05) is 31.7 Å². The largest absolute Gasteiger partial charge is 0.467 e. The summed E-state index contributed by atoms with van der Waals surface area (Å²) in [5.41, 5.74) is 0.885. The minimum atomic E-state index is -0.353. The van der Waals surface area contributed by atoms with Gasteiger partial charge < -0.3 is 9.64 Å². The SMILES string of the molecule is CN1C(=O)CC2c3ccccc3OC13CCCC23. The summed E-state index contributed by atoms with van der Waals surface area (Å²) in [5, 5.41) is 0. The summed E-state index contributed by atoms with van der Waals surface area (Å²) in [4.78, 5) is 14.1. The van der Waals surface area contributed by atoms with Crippen molar-refractivity contribution in [2.24, 2.45) is 5.92 Å². The molecule has 2 bridgehead atoms. The van der Waals surface area contributed by atoms with Crippen LogP contribution < -0.4 is 4.74 Å². The molecule has 3 heteroatoms. The van der Waals surface area contributed by atoms with Crippen molar-refractivity contribution in [1.29, 1.82) is 0 Å². The number of benzene rings is 1. The second-order valence-corrected chi connectivity index (χ2v) is 5.75. The number of ether oxygens (including phenoxy) is 1. The third-order valence-electron chi connectivity index (χ3n) is 5.06. The molecular weight excluding hydrogens is 226 g/mol. The van der Waals surface area contributed by atoms with Crippen LogP contribution >= 0.6 is 0 Å². The summed E-state index contributed by atoms with van der Waals surface area (Å²) < 4.78 is 6.30. The fourth-order valence-corrected chi connectivity index (χ4v) is 4.19. The van der Waals surface area contributed by atoms with E-state index in [4.69, 9.17) is 4.74 Å². The van der Waals surface area contributed by atoms with Crippen LogP contribution in [-0.2, 0) is 4.79 Å². The van der Waals surface area contributed by atoms with Gasteiger partial charge in [-0.3, -0.25) is 4.79 Å². The molecule has 0 spiro atoms. The van der Waals surface area contributed by atoms with Crippen molar-refractivity contribution < 1.29 is 9.53 Å². The molecule has 1 saturated heterocycles. The Kier molecular flexibility index (Phi) is 1.90. The summed E-state index contributed by atoms with van der Waals surface area (Å²) in [6, 6.07) is 8.23. The number of likely N-dealkylation sites (tertiary alicyclic amines) is 1. The molecule has 1 aromatic carbocycles. The average Bonchev–Trinajstić information content (AvgIpc) is 2.81. The number of hydrogen-bond acceptors (Lipinski definition) is 2. The summed E-state index contributed by atoms with van der Waals surface area (Å²) in [6.07, 6.45) is 3.96. The van der Waals surface area contributed by atoms with E-state index in [0.29, 0.717) is 18.3 Å². The number of para-hydroxylation sites is 1. The Hall–Kier alpha value is -1.51. The zero-order valence-electron chi connectivity index (χ0n) is 10.6. The highest BCUT2D eigenvalue weighted by atomic mass is 16.5. The second-order valence-electron chi connectivity index (χ2n) is 5.75. The lowest BCUT2D eigenvalue weighted by atomic mass is 9.73. The maximum absolute atomic E-state index is 12.2. The molecule has 1 aromatic rings. The number of carbonyl (C=O) groups excluding carboxylic acids is 1. The van der Waals surface area contributed by atoms with Crippen molar-refractivity contribution in [2.75, 3.05) is 7.05 Å². The van der Waals surface area contributed by atoms with Crippen molar-refractivity contribution in [1.82, 2.24) is 4.90 Å². The van der Waals surface area contributed by atoms with E-state index in [1.807, 2.05) is 30.1 Å². The van der Waals surface area contributed by atoms with Crippen molar-refractivity contribution in [3.05, 3.63) is 29.8 Å². The third kappa shape index (κ3) is 1.08.